The molecule has 0 aliphatic carbocycles. The van der Waals surface area contributed by atoms with Crippen molar-refractivity contribution in [1.82, 2.24) is 9.97 Å². The van der Waals surface area contributed by atoms with E-state index < -0.39 is 8.07 Å². The van der Waals surface area contributed by atoms with Crippen LogP contribution in [0.4, 0.5) is 0 Å². The molecule has 0 fully saturated rings. The van der Waals surface area contributed by atoms with Gasteiger partial charge in [0.15, 0.2) is 5.82 Å². The summed E-state index contributed by atoms with van der Waals surface area (Å²) < 4.78 is 0. The molecule has 0 bridgehead atoms. The summed E-state index contributed by atoms with van der Waals surface area (Å²) in [5, 5.41) is 5.34. The smallest absolute Gasteiger partial charge is 0.159 e. The maximum absolute atomic E-state index is 5.37. The third kappa shape index (κ3) is 3.46. The number of hydrogen-bond acceptors (Lipinski definition) is 2. The lowest BCUT2D eigenvalue weighted by Gasteiger charge is -2.20. The molecule has 3 heteroatoms. The first-order chi connectivity index (χ1) is 18.1. The standard InChI is InChI=1S/C34H26N2Si/c1-37(2)32-28-19-10-9-14-24(28)20-21-29(32)30-31(25-15-7-4-8-16-25)35-33(36-34(30)37)27-18-11-17-26(22-27)23-12-5-3-6-13-23/h3-22H,1-2H3. The van der Waals surface area contributed by atoms with E-state index in [9.17, 15) is 0 Å². The topological polar surface area (TPSA) is 25.8 Å². The number of nitrogens with zero attached hydrogens (tertiary/aromatic N) is 2. The predicted molar refractivity (Wildman–Crippen MR) is 158 cm³/mol. The average Bonchev–Trinajstić information content (AvgIpc) is 3.20. The molecule has 0 N–H and O–H groups in total. The van der Waals surface area contributed by atoms with Crippen LogP contribution in [0.5, 0.6) is 0 Å². The number of rotatable bonds is 3. The Morgan fingerprint density at radius 1 is 0.541 bits per heavy atom. The van der Waals surface area contributed by atoms with E-state index in [1.54, 1.807) is 0 Å². The number of benzene rings is 5. The zero-order valence-corrected chi connectivity index (χ0v) is 21.9. The average molecular weight is 491 g/mol. The molecule has 176 valence electrons. The van der Waals surface area contributed by atoms with Crippen LogP contribution in [0.25, 0.3) is 55.7 Å². The van der Waals surface area contributed by atoms with Crippen LogP contribution in [-0.4, -0.2) is 18.0 Å². The molecule has 7 rings (SSSR count). The number of aromatic nitrogens is 2. The maximum Gasteiger partial charge on any atom is 0.159 e. The van der Waals surface area contributed by atoms with Gasteiger partial charge in [-0.1, -0.05) is 128 Å². The summed E-state index contributed by atoms with van der Waals surface area (Å²) in [5.41, 5.74) is 8.09. The van der Waals surface area contributed by atoms with Crippen LogP contribution >= 0.6 is 0 Å². The lowest BCUT2D eigenvalue weighted by atomic mass is 9.97. The fraction of sp³-hybridized carbons (Fsp3) is 0.0588. The molecule has 0 saturated carbocycles. The molecule has 5 aromatic carbocycles. The lowest BCUT2D eigenvalue weighted by molar-refractivity contribution is 1.21. The summed E-state index contributed by atoms with van der Waals surface area (Å²) in [5.74, 6) is 0.799. The summed E-state index contributed by atoms with van der Waals surface area (Å²) in [6, 6.07) is 43.0. The van der Waals surface area contributed by atoms with E-state index in [2.05, 4.69) is 134 Å². The second kappa shape index (κ2) is 8.36. The van der Waals surface area contributed by atoms with Crippen molar-refractivity contribution in [1.29, 1.82) is 0 Å². The van der Waals surface area contributed by atoms with Crippen molar-refractivity contribution in [2.45, 2.75) is 13.1 Å². The summed E-state index contributed by atoms with van der Waals surface area (Å²) in [4.78, 5) is 10.6. The summed E-state index contributed by atoms with van der Waals surface area (Å²) in [6.45, 7) is 4.88. The van der Waals surface area contributed by atoms with Crippen molar-refractivity contribution in [2.75, 3.05) is 0 Å². The van der Waals surface area contributed by atoms with Crippen LogP contribution in [0.2, 0.25) is 13.1 Å². The highest BCUT2D eigenvalue weighted by Crippen LogP contribution is 2.38. The van der Waals surface area contributed by atoms with Gasteiger partial charge in [0.1, 0.15) is 8.07 Å². The number of hydrogen-bond donors (Lipinski definition) is 0. The summed E-state index contributed by atoms with van der Waals surface area (Å²) in [7, 11) is -2.10. The van der Waals surface area contributed by atoms with Gasteiger partial charge in [0.2, 0.25) is 0 Å². The fourth-order valence-electron chi connectivity index (χ4n) is 5.84. The van der Waals surface area contributed by atoms with Crippen LogP contribution in [0.3, 0.4) is 0 Å². The second-order valence-corrected chi connectivity index (χ2v) is 14.5. The van der Waals surface area contributed by atoms with Gasteiger partial charge in [-0.2, -0.15) is 0 Å². The molecule has 0 atom stereocenters. The molecule has 0 saturated heterocycles. The summed E-state index contributed by atoms with van der Waals surface area (Å²) in [6.07, 6.45) is 0. The molecule has 0 amide bonds. The number of fused-ring (bicyclic) bond motifs is 5. The Kier molecular flexibility index (Phi) is 4.95. The molecule has 1 aliphatic heterocycles. The van der Waals surface area contributed by atoms with Crippen molar-refractivity contribution in [2.24, 2.45) is 0 Å². The Hall–Kier alpha value is -4.34. The van der Waals surface area contributed by atoms with Crippen molar-refractivity contribution in [3.05, 3.63) is 121 Å². The van der Waals surface area contributed by atoms with Gasteiger partial charge in [0.05, 0.1) is 5.69 Å². The normalized spacial score (nSPS) is 13.4. The van der Waals surface area contributed by atoms with Crippen LogP contribution in [-0.2, 0) is 0 Å². The highest BCUT2D eigenvalue weighted by atomic mass is 28.3. The Morgan fingerprint density at radius 2 is 1.19 bits per heavy atom. The van der Waals surface area contributed by atoms with Gasteiger partial charge >= 0.3 is 0 Å². The molecule has 0 radical (unpaired) electrons. The molecular weight excluding hydrogens is 464 g/mol. The molecule has 2 nitrogen and oxygen atoms in total. The molecular formula is C34H26N2Si. The van der Waals surface area contributed by atoms with Gasteiger partial charge in [-0.25, -0.2) is 9.97 Å². The molecule has 2 heterocycles. The van der Waals surface area contributed by atoms with Crippen molar-refractivity contribution in [3.8, 4) is 44.9 Å². The van der Waals surface area contributed by atoms with Crippen LogP contribution < -0.4 is 10.5 Å². The van der Waals surface area contributed by atoms with E-state index in [4.69, 9.17) is 9.97 Å². The van der Waals surface area contributed by atoms with Gasteiger partial charge in [-0.15, -0.1) is 0 Å². The predicted octanol–water partition coefficient (Wildman–Crippen LogP) is 7.43. The third-order valence-electron chi connectivity index (χ3n) is 7.60. The first-order valence-electron chi connectivity index (χ1n) is 12.8. The van der Waals surface area contributed by atoms with Crippen molar-refractivity contribution >= 4 is 29.4 Å². The molecule has 1 aliphatic rings. The van der Waals surface area contributed by atoms with E-state index in [1.807, 2.05) is 0 Å². The SMILES string of the molecule is C[Si]1(C)c2nc(-c3cccc(-c4ccccc4)c3)nc(-c3ccccc3)c2-c2ccc3ccccc3c21. The fourth-order valence-corrected chi connectivity index (χ4v) is 9.13. The van der Waals surface area contributed by atoms with Crippen molar-refractivity contribution in [3.63, 3.8) is 0 Å². The van der Waals surface area contributed by atoms with Crippen LogP contribution in [0.1, 0.15) is 0 Å². The largest absolute Gasteiger partial charge is 0.237 e. The summed E-state index contributed by atoms with van der Waals surface area (Å²) >= 11 is 0. The minimum Gasteiger partial charge on any atom is -0.237 e. The van der Waals surface area contributed by atoms with E-state index >= 15 is 0 Å². The second-order valence-electron chi connectivity index (χ2n) is 10.3. The minimum atomic E-state index is -2.10. The third-order valence-corrected chi connectivity index (χ3v) is 10.9. The Bertz CT molecular complexity index is 1790. The van der Waals surface area contributed by atoms with Crippen molar-refractivity contribution < 1.29 is 0 Å². The lowest BCUT2D eigenvalue weighted by Crippen LogP contribution is -2.51. The highest BCUT2D eigenvalue weighted by molar-refractivity contribution is 7.04. The van der Waals surface area contributed by atoms with Gasteiger partial charge in [-0.3, -0.25) is 0 Å². The quantitative estimate of drug-likeness (QED) is 0.241. The Morgan fingerprint density at radius 3 is 1.97 bits per heavy atom. The maximum atomic E-state index is 5.37. The van der Waals surface area contributed by atoms with Gasteiger partial charge in [0, 0.05) is 22.0 Å². The first kappa shape index (κ1) is 21.9. The molecule has 1 aromatic heterocycles. The van der Waals surface area contributed by atoms with Gasteiger partial charge < -0.3 is 0 Å². The highest BCUT2D eigenvalue weighted by Gasteiger charge is 2.42. The van der Waals surface area contributed by atoms with Crippen LogP contribution in [0.15, 0.2) is 121 Å². The van der Waals surface area contributed by atoms with Crippen LogP contribution in [0, 0.1) is 0 Å². The Balaban J connectivity index is 1.51. The Labute approximate surface area is 218 Å². The first-order valence-corrected chi connectivity index (χ1v) is 15.8. The zero-order chi connectivity index (χ0) is 25.0. The monoisotopic (exact) mass is 490 g/mol. The minimum absolute atomic E-state index is 0.799. The molecule has 0 spiro atoms. The zero-order valence-electron chi connectivity index (χ0n) is 20.9. The van der Waals surface area contributed by atoms with E-state index in [0.717, 1.165) is 22.6 Å². The van der Waals surface area contributed by atoms with E-state index in [-0.39, 0.29) is 0 Å². The molecule has 6 aromatic rings. The van der Waals surface area contributed by atoms with Gasteiger partial charge in [-0.05, 0) is 38.7 Å². The van der Waals surface area contributed by atoms with E-state index in [0.29, 0.717) is 0 Å². The molecule has 37 heavy (non-hydrogen) atoms. The molecule has 0 unspecified atom stereocenters. The van der Waals surface area contributed by atoms with Gasteiger partial charge in [0.25, 0.3) is 0 Å². The van der Waals surface area contributed by atoms with E-state index in [1.165, 1.54) is 43.5 Å².